The normalized spacial score (nSPS) is 15.6. The second-order valence-corrected chi connectivity index (χ2v) is 4.78. The van der Waals surface area contributed by atoms with E-state index in [1.54, 1.807) is 12.3 Å². The molecular weight excluding hydrogens is 268 g/mol. The first-order valence-electron chi connectivity index (χ1n) is 5.61. The SMILES string of the molecule is O=C(c1ccccn1)N(CCBr)C1CCC1. The lowest BCUT2D eigenvalue weighted by Crippen LogP contribution is -2.45. The van der Waals surface area contributed by atoms with Gasteiger partial charge in [-0.2, -0.15) is 0 Å². The molecule has 0 saturated heterocycles. The number of halogens is 1. The van der Waals surface area contributed by atoms with Crippen molar-refractivity contribution in [3.63, 3.8) is 0 Å². The van der Waals surface area contributed by atoms with Crippen LogP contribution in [0.1, 0.15) is 29.8 Å². The summed E-state index contributed by atoms with van der Waals surface area (Å²) in [5.41, 5.74) is 0.551. The quantitative estimate of drug-likeness (QED) is 0.795. The molecule has 0 bridgehead atoms. The van der Waals surface area contributed by atoms with Crippen molar-refractivity contribution in [1.29, 1.82) is 0 Å². The maximum absolute atomic E-state index is 12.2. The zero-order valence-electron chi connectivity index (χ0n) is 9.10. The van der Waals surface area contributed by atoms with Gasteiger partial charge in [0.25, 0.3) is 5.91 Å². The molecule has 4 heteroatoms. The van der Waals surface area contributed by atoms with Gasteiger partial charge in [-0.05, 0) is 31.4 Å². The van der Waals surface area contributed by atoms with Crippen LogP contribution in [0.4, 0.5) is 0 Å². The summed E-state index contributed by atoms with van der Waals surface area (Å²) in [6, 6.07) is 5.89. The molecule has 1 amide bonds. The van der Waals surface area contributed by atoms with Gasteiger partial charge in [0.15, 0.2) is 0 Å². The average Bonchev–Trinajstić information content (AvgIpc) is 2.26. The minimum Gasteiger partial charge on any atom is -0.333 e. The Balaban J connectivity index is 2.10. The van der Waals surface area contributed by atoms with Crippen molar-refractivity contribution in [2.24, 2.45) is 0 Å². The number of amides is 1. The molecule has 16 heavy (non-hydrogen) atoms. The smallest absolute Gasteiger partial charge is 0.272 e. The summed E-state index contributed by atoms with van der Waals surface area (Å²) >= 11 is 3.40. The predicted molar refractivity (Wildman–Crippen MR) is 66.7 cm³/mol. The van der Waals surface area contributed by atoms with Gasteiger partial charge >= 0.3 is 0 Å². The van der Waals surface area contributed by atoms with Crippen molar-refractivity contribution in [3.05, 3.63) is 30.1 Å². The first kappa shape index (κ1) is 11.6. The second kappa shape index (κ2) is 5.43. The number of hydrogen-bond acceptors (Lipinski definition) is 2. The van der Waals surface area contributed by atoms with Crippen LogP contribution in [0.25, 0.3) is 0 Å². The highest BCUT2D eigenvalue weighted by Gasteiger charge is 2.29. The molecule has 1 heterocycles. The summed E-state index contributed by atoms with van der Waals surface area (Å²) in [5, 5.41) is 0.822. The molecule has 1 saturated carbocycles. The topological polar surface area (TPSA) is 33.2 Å². The highest BCUT2D eigenvalue weighted by atomic mass is 79.9. The van der Waals surface area contributed by atoms with Gasteiger partial charge in [0.05, 0.1) is 0 Å². The first-order chi connectivity index (χ1) is 7.83. The number of pyridine rings is 1. The van der Waals surface area contributed by atoms with Crippen LogP contribution in [0.2, 0.25) is 0 Å². The molecule has 0 aromatic carbocycles. The van der Waals surface area contributed by atoms with E-state index in [0.29, 0.717) is 11.7 Å². The van der Waals surface area contributed by atoms with E-state index >= 15 is 0 Å². The van der Waals surface area contributed by atoms with E-state index in [-0.39, 0.29) is 5.91 Å². The molecule has 1 aromatic heterocycles. The molecule has 0 aliphatic heterocycles. The lowest BCUT2D eigenvalue weighted by molar-refractivity contribution is 0.0593. The third-order valence-corrected chi connectivity index (χ3v) is 3.34. The van der Waals surface area contributed by atoms with E-state index in [9.17, 15) is 4.79 Å². The van der Waals surface area contributed by atoms with Crippen molar-refractivity contribution in [2.45, 2.75) is 25.3 Å². The van der Waals surface area contributed by atoms with E-state index in [4.69, 9.17) is 0 Å². The Kier molecular flexibility index (Phi) is 3.93. The van der Waals surface area contributed by atoms with Gasteiger partial charge in [0.2, 0.25) is 0 Å². The number of carbonyl (C=O) groups is 1. The van der Waals surface area contributed by atoms with Gasteiger partial charge < -0.3 is 4.90 Å². The van der Waals surface area contributed by atoms with Crippen LogP contribution in [0.15, 0.2) is 24.4 Å². The Morgan fingerprint density at radius 3 is 2.81 bits per heavy atom. The Bertz CT molecular complexity index is 351. The fourth-order valence-electron chi connectivity index (χ4n) is 1.88. The maximum atomic E-state index is 12.2. The summed E-state index contributed by atoms with van der Waals surface area (Å²) < 4.78 is 0. The highest BCUT2D eigenvalue weighted by molar-refractivity contribution is 9.09. The lowest BCUT2D eigenvalue weighted by Gasteiger charge is -2.37. The van der Waals surface area contributed by atoms with Crippen LogP contribution < -0.4 is 0 Å². The molecule has 0 spiro atoms. The maximum Gasteiger partial charge on any atom is 0.272 e. The number of carbonyl (C=O) groups excluding carboxylic acids is 1. The van der Waals surface area contributed by atoms with Crippen LogP contribution in [0.5, 0.6) is 0 Å². The van der Waals surface area contributed by atoms with Crippen LogP contribution >= 0.6 is 15.9 Å². The van der Waals surface area contributed by atoms with E-state index in [1.165, 1.54) is 6.42 Å². The molecule has 86 valence electrons. The third-order valence-electron chi connectivity index (χ3n) is 2.99. The van der Waals surface area contributed by atoms with E-state index in [1.807, 2.05) is 17.0 Å². The van der Waals surface area contributed by atoms with Gasteiger partial charge in [0, 0.05) is 24.1 Å². The van der Waals surface area contributed by atoms with Crippen LogP contribution in [-0.4, -0.2) is 33.7 Å². The van der Waals surface area contributed by atoms with Crippen LogP contribution in [0.3, 0.4) is 0 Å². The molecule has 0 radical (unpaired) electrons. The molecule has 1 aromatic rings. The van der Waals surface area contributed by atoms with Crippen molar-refractivity contribution < 1.29 is 4.79 Å². The fourth-order valence-corrected chi connectivity index (χ4v) is 2.26. The largest absolute Gasteiger partial charge is 0.333 e. The fraction of sp³-hybridized carbons (Fsp3) is 0.500. The molecule has 0 N–H and O–H groups in total. The van der Waals surface area contributed by atoms with Gasteiger partial charge in [-0.15, -0.1) is 0 Å². The summed E-state index contributed by atoms with van der Waals surface area (Å²) in [4.78, 5) is 18.3. The second-order valence-electron chi connectivity index (χ2n) is 3.99. The van der Waals surface area contributed by atoms with Crippen molar-refractivity contribution in [1.82, 2.24) is 9.88 Å². The van der Waals surface area contributed by atoms with Crippen molar-refractivity contribution in [2.75, 3.05) is 11.9 Å². The van der Waals surface area contributed by atoms with Gasteiger partial charge in [-0.1, -0.05) is 22.0 Å². The van der Waals surface area contributed by atoms with Crippen LogP contribution in [0, 0.1) is 0 Å². The summed E-state index contributed by atoms with van der Waals surface area (Å²) in [5.74, 6) is 0.0600. The number of rotatable bonds is 4. The first-order valence-corrected chi connectivity index (χ1v) is 6.73. The number of aromatic nitrogens is 1. The highest BCUT2D eigenvalue weighted by Crippen LogP contribution is 2.25. The molecule has 1 fully saturated rings. The van der Waals surface area contributed by atoms with Crippen molar-refractivity contribution >= 4 is 21.8 Å². The minimum absolute atomic E-state index is 0.0600. The molecular formula is C12H15BrN2O. The molecule has 1 aliphatic carbocycles. The molecule has 0 atom stereocenters. The monoisotopic (exact) mass is 282 g/mol. The Labute approximate surface area is 104 Å². The lowest BCUT2D eigenvalue weighted by atomic mass is 9.91. The van der Waals surface area contributed by atoms with Gasteiger partial charge in [-0.3, -0.25) is 9.78 Å². The number of alkyl halides is 1. The van der Waals surface area contributed by atoms with E-state index in [0.717, 1.165) is 24.7 Å². The summed E-state index contributed by atoms with van der Waals surface area (Å²) in [6.07, 6.45) is 5.16. The standard InChI is InChI=1S/C12H15BrN2O/c13-7-9-15(10-4-3-5-10)12(16)11-6-1-2-8-14-11/h1-2,6,8,10H,3-5,7,9H2. The number of hydrogen-bond donors (Lipinski definition) is 0. The number of nitrogens with zero attached hydrogens (tertiary/aromatic N) is 2. The van der Waals surface area contributed by atoms with E-state index < -0.39 is 0 Å². The van der Waals surface area contributed by atoms with Crippen LogP contribution in [-0.2, 0) is 0 Å². The molecule has 1 aliphatic rings. The zero-order valence-corrected chi connectivity index (χ0v) is 10.7. The molecule has 2 rings (SSSR count). The van der Waals surface area contributed by atoms with E-state index in [2.05, 4.69) is 20.9 Å². The molecule has 3 nitrogen and oxygen atoms in total. The Morgan fingerprint density at radius 1 is 1.50 bits per heavy atom. The summed E-state index contributed by atoms with van der Waals surface area (Å²) in [7, 11) is 0. The minimum atomic E-state index is 0.0600. The van der Waals surface area contributed by atoms with Gasteiger partial charge in [-0.25, -0.2) is 0 Å². The zero-order chi connectivity index (χ0) is 11.4. The van der Waals surface area contributed by atoms with Crippen molar-refractivity contribution in [3.8, 4) is 0 Å². The molecule has 0 unspecified atom stereocenters. The summed E-state index contributed by atoms with van der Waals surface area (Å²) in [6.45, 7) is 0.764. The Hall–Kier alpha value is -0.900. The Morgan fingerprint density at radius 2 is 2.31 bits per heavy atom. The third kappa shape index (κ3) is 2.43. The average molecular weight is 283 g/mol. The predicted octanol–water partition coefficient (Wildman–Crippen LogP) is 2.47. The van der Waals surface area contributed by atoms with Gasteiger partial charge in [0.1, 0.15) is 5.69 Å².